The molecular formula is C25H26ClN3O2. The Morgan fingerprint density at radius 3 is 2.52 bits per heavy atom. The predicted octanol–water partition coefficient (Wildman–Crippen LogP) is 5.16. The number of halogens is 1. The molecule has 160 valence electrons. The van der Waals surface area contributed by atoms with Gasteiger partial charge in [0.05, 0.1) is 6.54 Å². The molecule has 1 aliphatic heterocycles. The van der Waals surface area contributed by atoms with Gasteiger partial charge in [-0.2, -0.15) is 0 Å². The minimum atomic E-state index is -1.06. The van der Waals surface area contributed by atoms with E-state index in [9.17, 15) is 9.59 Å². The lowest BCUT2D eigenvalue weighted by molar-refractivity contribution is -0.127. The highest BCUT2D eigenvalue weighted by atomic mass is 35.5. The summed E-state index contributed by atoms with van der Waals surface area (Å²) in [5.41, 5.74) is 1.18. The lowest BCUT2D eigenvalue weighted by Gasteiger charge is -2.44. The first-order valence-electron chi connectivity index (χ1n) is 11.0. The second kappa shape index (κ2) is 7.72. The van der Waals surface area contributed by atoms with Crippen LogP contribution in [0.1, 0.15) is 49.5 Å². The van der Waals surface area contributed by atoms with E-state index in [0.717, 1.165) is 36.6 Å². The highest BCUT2D eigenvalue weighted by Crippen LogP contribution is 2.36. The van der Waals surface area contributed by atoms with E-state index < -0.39 is 5.54 Å². The van der Waals surface area contributed by atoms with Gasteiger partial charge >= 0.3 is 0 Å². The molecule has 6 heteroatoms. The SMILES string of the molecule is C[C@@]1(C(=O)NC2CCCCC2)Cn2c(cc3ccccc32)C(=O)N1c1ccc(Cl)cc1. The number of carbonyl (C=O) groups is 2. The molecule has 1 N–H and O–H groups in total. The molecule has 2 amide bonds. The Morgan fingerprint density at radius 2 is 1.77 bits per heavy atom. The summed E-state index contributed by atoms with van der Waals surface area (Å²) in [6, 6.07) is 17.2. The third kappa shape index (κ3) is 3.41. The van der Waals surface area contributed by atoms with Crippen LogP contribution in [0.15, 0.2) is 54.6 Å². The minimum Gasteiger partial charge on any atom is -0.351 e. The monoisotopic (exact) mass is 435 g/mol. The molecule has 5 nitrogen and oxygen atoms in total. The van der Waals surface area contributed by atoms with Gasteiger partial charge in [0.15, 0.2) is 0 Å². The number of hydrogen-bond donors (Lipinski definition) is 1. The van der Waals surface area contributed by atoms with Crippen LogP contribution in [-0.4, -0.2) is 28.0 Å². The first kappa shape index (κ1) is 20.1. The largest absolute Gasteiger partial charge is 0.351 e. The number of aromatic nitrogens is 1. The van der Waals surface area contributed by atoms with Gasteiger partial charge in [-0.1, -0.05) is 49.1 Å². The average Bonchev–Trinajstić information content (AvgIpc) is 3.14. The molecule has 0 bridgehead atoms. The van der Waals surface area contributed by atoms with Crippen molar-refractivity contribution in [3.63, 3.8) is 0 Å². The summed E-state index contributed by atoms with van der Waals surface area (Å²) in [7, 11) is 0. The van der Waals surface area contributed by atoms with Crippen molar-refractivity contribution in [2.75, 3.05) is 4.90 Å². The Morgan fingerprint density at radius 1 is 1.06 bits per heavy atom. The van der Waals surface area contributed by atoms with E-state index in [1.807, 2.05) is 54.0 Å². The highest BCUT2D eigenvalue weighted by Gasteiger charge is 2.49. The number of hydrogen-bond acceptors (Lipinski definition) is 2. The number of benzene rings is 2. The van der Waals surface area contributed by atoms with Crippen molar-refractivity contribution in [3.05, 3.63) is 65.3 Å². The molecule has 2 aliphatic rings. The van der Waals surface area contributed by atoms with Crippen molar-refractivity contribution >= 4 is 40.0 Å². The number of rotatable bonds is 3. The maximum atomic E-state index is 13.8. The Balaban J connectivity index is 1.61. The molecule has 3 aromatic rings. The van der Waals surface area contributed by atoms with E-state index in [2.05, 4.69) is 5.32 Å². The Bertz CT molecular complexity index is 1150. The molecule has 0 spiro atoms. The predicted molar refractivity (Wildman–Crippen MR) is 124 cm³/mol. The van der Waals surface area contributed by atoms with Crippen molar-refractivity contribution in [3.8, 4) is 0 Å². The Hall–Kier alpha value is -2.79. The van der Waals surface area contributed by atoms with Crippen molar-refractivity contribution in [1.82, 2.24) is 9.88 Å². The number of amides is 2. The number of para-hydroxylation sites is 1. The first-order valence-corrected chi connectivity index (χ1v) is 11.3. The number of fused-ring (bicyclic) bond motifs is 3. The number of carbonyl (C=O) groups excluding carboxylic acids is 2. The fraction of sp³-hybridized carbons (Fsp3) is 0.360. The zero-order valence-corrected chi connectivity index (χ0v) is 18.4. The van der Waals surface area contributed by atoms with E-state index in [-0.39, 0.29) is 17.9 Å². The summed E-state index contributed by atoms with van der Waals surface area (Å²) >= 11 is 6.10. The number of nitrogens with zero attached hydrogens (tertiary/aromatic N) is 2. The van der Waals surface area contributed by atoms with Crippen molar-refractivity contribution < 1.29 is 9.59 Å². The molecule has 1 aromatic heterocycles. The second-order valence-electron chi connectivity index (χ2n) is 8.87. The Labute approximate surface area is 187 Å². The fourth-order valence-corrected chi connectivity index (χ4v) is 5.15. The van der Waals surface area contributed by atoms with Crippen LogP contribution in [0, 0.1) is 0 Å². The normalized spacial score (nSPS) is 21.9. The smallest absolute Gasteiger partial charge is 0.275 e. The quantitative estimate of drug-likeness (QED) is 0.617. The van der Waals surface area contributed by atoms with Gasteiger partial charge in [-0.15, -0.1) is 0 Å². The molecule has 2 heterocycles. The topological polar surface area (TPSA) is 54.3 Å². The van der Waals surface area contributed by atoms with E-state index in [0.29, 0.717) is 22.9 Å². The highest BCUT2D eigenvalue weighted by molar-refractivity contribution is 6.30. The third-order valence-corrected chi connectivity index (χ3v) is 6.96. The zero-order chi connectivity index (χ0) is 21.6. The average molecular weight is 436 g/mol. The number of nitrogens with one attached hydrogen (secondary N) is 1. The van der Waals surface area contributed by atoms with Crippen LogP contribution in [-0.2, 0) is 11.3 Å². The van der Waals surface area contributed by atoms with Crippen LogP contribution in [0.3, 0.4) is 0 Å². The molecule has 0 unspecified atom stereocenters. The van der Waals surface area contributed by atoms with Crippen molar-refractivity contribution in [1.29, 1.82) is 0 Å². The van der Waals surface area contributed by atoms with Crippen LogP contribution in [0.5, 0.6) is 0 Å². The third-order valence-electron chi connectivity index (χ3n) is 6.71. The second-order valence-corrected chi connectivity index (χ2v) is 9.31. The van der Waals surface area contributed by atoms with E-state index in [1.165, 1.54) is 6.42 Å². The first-order chi connectivity index (χ1) is 15.0. The van der Waals surface area contributed by atoms with Gasteiger partial charge in [0.2, 0.25) is 5.91 Å². The van der Waals surface area contributed by atoms with Gasteiger partial charge in [0.1, 0.15) is 11.2 Å². The van der Waals surface area contributed by atoms with Gasteiger partial charge in [-0.25, -0.2) is 0 Å². The summed E-state index contributed by atoms with van der Waals surface area (Å²) in [6.45, 7) is 2.26. The fourth-order valence-electron chi connectivity index (χ4n) is 5.03. The van der Waals surface area contributed by atoms with Crippen molar-refractivity contribution in [2.24, 2.45) is 0 Å². The summed E-state index contributed by atoms with van der Waals surface area (Å²) in [6.07, 6.45) is 5.47. The minimum absolute atomic E-state index is 0.105. The summed E-state index contributed by atoms with van der Waals surface area (Å²) in [5, 5.41) is 4.85. The van der Waals surface area contributed by atoms with Gasteiger partial charge < -0.3 is 9.88 Å². The van der Waals surface area contributed by atoms with Crippen LogP contribution in [0.2, 0.25) is 5.02 Å². The molecular weight excluding hydrogens is 410 g/mol. The molecule has 5 rings (SSSR count). The van der Waals surface area contributed by atoms with Crippen LogP contribution < -0.4 is 10.2 Å². The van der Waals surface area contributed by atoms with Gasteiger partial charge in [-0.05, 0) is 56.2 Å². The lowest BCUT2D eigenvalue weighted by Crippen LogP contribution is -2.65. The van der Waals surface area contributed by atoms with E-state index >= 15 is 0 Å². The summed E-state index contributed by atoms with van der Waals surface area (Å²) in [5.74, 6) is -0.280. The molecule has 1 atom stereocenters. The van der Waals surface area contributed by atoms with E-state index in [4.69, 9.17) is 11.6 Å². The van der Waals surface area contributed by atoms with Gasteiger partial charge in [0, 0.05) is 27.7 Å². The molecule has 31 heavy (non-hydrogen) atoms. The zero-order valence-electron chi connectivity index (χ0n) is 17.6. The van der Waals surface area contributed by atoms with Crippen LogP contribution in [0.4, 0.5) is 5.69 Å². The lowest BCUT2D eigenvalue weighted by atomic mass is 9.91. The Kier molecular flexibility index (Phi) is 5.01. The number of anilines is 1. The molecule has 0 radical (unpaired) electrons. The van der Waals surface area contributed by atoms with Gasteiger partial charge in [0.25, 0.3) is 5.91 Å². The van der Waals surface area contributed by atoms with Gasteiger partial charge in [-0.3, -0.25) is 14.5 Å². The van der Waals surface area contributed by atoms with E-state index in [1.54, 1.807) is 17.0 Å². The molecule has 1 saturated carbocycles. The standard InChI is InChI=1S/C25H26ClN3O2/c1-25(24(31)27-19-8-3-2-4-9-19)16-28-21-10-6-5-7-17(21)15-22(28)23(30)29(25)20-13-11-18(26)12-14-20/h5-7,10-15,19H,2-4,8-9,16H2,1H3,(H,27,31)/t25-/m0/s1. The molecule has 2 aromatic carbocycles. The molecule has 1 fully saturated rings. The summed E-state index contributed by atoms with van der Waals surface area (Å²) in [4.78, 5) is 29.1. The van der Waals surface area contributed by atoms with Crippen molar-refractivity contribution in [2.45, 2.75) is 57.2 Å². The molecule has 0 saturated heterocycles. The van der Waals surface area contributed by atoms with Crippen LogP contribution >= 0.6 is 11.6 Å². The maximum absolute atomic E-state index is 13.8. The summed E-state index contributed by atoms with van der Waals surface area (Å²) < 4.78 is 1.99. The maximum Gasteiger partial charge on any atom is 0.275 e. The molecule has 1 aliphatic carbocycles. The van der Waals surface area contributed by atoms with Crippen LogP contribution in [0.25, 0.3) is 10.9 Å².